The number of aromatic hydroxyl groups is 1. The van der Waals surface area contributed by atoms with Crippen molar-refractivity contribution in [2.24, 2.45) is 0 Å². The topological polar surface area (TPSA) is 20.2 Å². The third-order valence-electron chi connectivity index (χ3n) is 1.91. The van der Waals surface area contributed by atoms with Crippen LogP contribution in [0.25, 0.3) is 0 Å². The molecule has 12 heavy (non-hydrogen) atoms. The predicted octanol–water partition coefficient (Wildman–Crippen LogP) is 2.89. The molecule has 1 rings (SSSR count). The van der Waals surface area contributed by atoms with E-state index >= 15 is 0 Å². The standard InChI is InChI=1S/C10H13BrO/c1-2-9-7-8(5-6-11)3-4-10(9)12/h3-4,7,12H,2,5-6H2,1H3. The lowest BCUT2D eigenvalue weighted by molar-refractivity contribution is 0.468. The van der Waals surface area contributed by atoms with Crippen molar-refractivity contribution in [2.75, 3.05) is 5.33 Å². The van der Waals surface area contributed by atoms with Crippen LogP contribution in [0.15, 0.2) is 18.2 Å². The van der Waals surface area contributed by atoms with Gasteiger partial charge in [-0.05, 0) is 30.0 Å². The molecule has 0 saturated heterocycles. The summed E-state index contributed by atoms with van der Waals surface area (Å²) >= 11 is 3.39. The molecule has 1 N–H and O–H groups in total. The Hall–Kier alpha value is -0.500. The van der Waals surface area contributed by atoms with Gasteiger partial charge in [0.25, 0.3) is 0 Å². The molecule has 66 valence electrons. The first-order chi connectivity index (χ1) is 5.77. The van der Waals surface area contributed by atoms with E-state index in [4.69, 9.17) is 0 Å². The fourth-order valence-electron chi connectivity index (χ4n) is 1.19. The van der Waals surface area contributed by atoms with Crippen molar-refractivity contribution < 1.29 is 5.11 Å². The molecule has 0 heterocycles. The Morgan fingerprint density at radius 2 is 2.17 bits per heavy atom. The Balaban J connectivity index is 2.89. The maximum Gasteiger partial charge on any atom is 0.118 e. The molecule has 0 atom stereocenters. The van der Waals surface area contributed by atoms with E-state index in [9.17, 15) is 5.11 Å². The van der Waals surface area contributed by atoms with Gasteiger partial charge in [0.1, 0.15) is 5.75 Å². The summed E-state index contributed by atoms with van der Waals surface area (Å²) in [4.78, 5) is 0. The number of phenols is 1. The van der Waals surface area contributed by atoms with Crippen molar-refractivity contribution in [2.45, 2.75) is 19.8 Å². The Labute approximate surface area is 81.6 Å². The molecule has 0 radical (unpaired) electrons. The minimum atomic E-state index is 0.413. The second kappa shape index (κ2) is 4.51. The first-order valence-corrected chi connectivity index (χ1v) is 5.26. The largest absolute Gasteiger partial charge is 0.508 e. The van der Waals surface area contributed by atoms with E-state index in [0.717, 1.165) is 23.7 Å². The summed E-state index contributed by atoms with van der Waals surface area (Å²) in [6.07, 6.45) is 1.91. The third-order valence-corrected chi connectivity index (χ3v) is 2.30. The highest BCUT2D eigenvalue weighted by atomic mass is 79.9. The highest BCUT2D eigenvalue weighted by Crippen LogP contribution is 2.19. The smallest absolute Gasteiger partial charge is 0.118 e. The van der Waals surface area contributed by atoms with Crippen LogP contribution in [0.4, 0.5) is 0 Å². The van der Waals surface area contributed by atoms with Crippen LogP contribution in [0.3, 0.4) is 0 Å². The summed E-state index contributed by atoms with van der Waals surface area (Å²) in [6.45, 7) is 2.05. The van der Waals surface area contributed by atoms with E-state index in [2.05, 4.69) is 22.0 Å². The average molecular weight is 229 g/mol. The van der Waals surface area contributed by atoms with E-state index in [1.54, 1.807) is 6.07 Å². The average Bonchev–Trinajstić information content (AvgIpc) is 2.09. The number of hydrogen-bond donors (Lipinski definition) is 1. The van der Waals surface area contributed by atoms with Crippen LogP contribution in [0.1, 0.15) is 18.1 Å². The maximum absolute atomic E-state index is 9.39. The zero-order chi connectivity index (χ0) is 8.97. The van der Waals surface area contributed by atoms with Crippen molar-refractivity contribution in [1.29, 1.82) is 0 Å². The summed E-state index contributed by atoms with van der Waals surface area (Å²) in [5.41, 5.74) is 2.31. The molecule has 0 bridgehead atoms. The van der Waals surface area contributed by atoms with Crippen molar-refractivity contribution in [3.8, 4) is 5.75 Å². The van der Waals surface area contributed by atoms with Crippen LogP contribution in [-0.4, -0.2) is 10.4 Å². The lowest BCUT2D eigenvalue weighted by atomic mass is 10.1. The van der Waals surface area contributed by atoms with Crippen molar-refractivity contribution in [3.05, 3.63) is 29.3 Å². The molecule has 0 amide bonds. The van der Waals surface area contributed by atoms with Crippen molar-refractivity contribution in [3.63, 3.8) is 0 Å². The molecule has 1 aromatic carbocycles. The summed E-state index contributed by atoms with van der Waals surface area (Å²) in [6, 6.07) is 5.81. The number of hydrogen-bond acceptors (Lipinski definition) is 1. The molecule has 0 saturated carbocycles. The summed E-state index contributed by atoms with van der Waals surface area (Å²) < 4.78 is 0. The molecular weight excluding hydrogens is 216 g/mol. The number of phenolic OH excluding ortho intramolecular Hbond substituents is 1. The van der Waals surface area contributed by atoms with Crippen LogP contribution in [0.5, 0.6) is 5.75 Å². The molecule has 0 aromatic heterocycles. The van der Waals surface area contributed by atoms with Gasteiger partial charge in [-0.1, -0.05) is 35.0 Å². The maximum atomic E-state index is 9.39. The van der Waals surface area contributed by atoms with E-state index < -0.39 is 0 Å². The quantitative estimate of drug-likeness (QED) is 0.790. The SMILES string of the molecule is CCc1cc(CCBr)ccc1O. The van der Waals surface area contributed by atoms with Crippen LogP contribution in [-0.2, 0) is 12.8 Å². The predicted molar refractivity (Wildman–Crippen MR) is 55.0 cm³/mol. The third kappa shape index (κ3) is 2.24. The van der Waals surface area contributed by atoms with E-state index in [-0.39, 0.29) is 0 Å². The van der Waals surface area contributed by atoms with Gasteiger partial charge in [-0.3, -0.25) is 0 Å². The van der Waals surface area contributed by atoms with Crippen LogP contribution < -0.4 is 0 Å². The van der Waals surface area contributed by atoms with Gasteiger partial charge < -0.3 is 5.11 Å². The second-order valence-electron chi connectivity index (χ2n) is 2.76. The molecule has 0 fully saturated rings. The van der Waals surface area contributed by atoms with E-state index in [1.165, 1.54) is 5.56 Å². The number of aryl methyl sites for hydroxylation is 2. The number of alkyl halides is 1. The molecule has 0 aliphatic rings. The van der Waals surface area contributed by atoms with Gasteiger partial charge in [-0.15, -0.1) is 0 Å². The number of halogens is 1. The Bertz CT molecular complexity index is 258. The molecule has 1 aromatic rings. The van der Waals surface area contributed by atoms with Crippen LogP contribution >= 0.6 is 15.9 Å². The Morgan fingerprint density at radius 1 is 1.42 bits per heavy atom. The van der Waals surface area contributed by atoms with Crippen molar-refractivity contribution in [1.82, 2.24) is 0 Å². The normalized spacial score (nSPS) is 10.2. The van der Waals surface area contributed by atoms with Gasteiger partial charge in [-0.25, -0.2) is 0 Å². The number of rotatable bonds is 3. The molecule has 0 spiro atoms. The monoisotopic (exact) mass is 228 g/mol. The van der Waals surface area contributed by atoms with Crippen LogP contribution in [0.2, 0.25) is 0 Å². The first-order valence-electron chi connectivity index (χ1n) is 4.14. The Kier molecular flexibility index (Phi) is 3.60. The van der Waals surface area contributed by atoms with Gasteiger partial charge in [0, 0.05) is 5.33 Å². The summed E-state index contributed by atoms with van der Waals surface area (Å²) in [7, 11) is 0. The highest BCUT2D eigenvalue weighted by Gasteiger charge is 1.99. The highest BCUT2D eigenvalue weighted by molar-refractivity contribution is 9.09. The molecule has 1 nitrogen and oxygen atoms in total. The minimum absolute atomic E-state index is 0.413. The lowest BCUT2D eigenvalue weighted by Gasteiger charge is -2.03. The molecular formula is C10H13BrO. The van der Waals surface area contributed by atoms with Gasteiger partial charge >= 0.3 is 0 Å². The minimum Gasteiger partial charge on any atom is -0.508 e. The molecule has 2 heteroatoms. The Morgan fingerprint density at radius 3 is 2.75 bits per heavy atom. The van der Waals surface area contributed by atoms with Crippen LogP contribution in [0, 0.1) is 0 Å². The second-order valence-corrected chi connectivity index (χ2v) is 3.55. The first kappa shape index (κ1) is 9.59. The van der Waals surface area contributed by atoms with Gasteiger partial charge in [0.15, 0.2) is 0 Å². The lowest BCUT2D eigenvalue weighted by Crippen LogP contribution is -1.88. The van der Waals surface area contributed by atoms with Gasteiger partial charge in [-0.2, -0.15) is 0 Å². The summed E-state index contributed by atoms with van der Waals surface area (Å²) in [5, 5.41) is 10.4. The fourth-order valence-corrected chi connectivity index (χ4v) is 1.64. The van der Waals surface area contributed by atoms with Gasteiger partial charge in [0.2, 0.25) is 0 Å². The molecule has 0 aliphatic carbocycles. The van der Waals surface area contributed by atoms with E-state index in [0.29, 0.717) is 5.75 Å². The van der Waals surface area contributed by atoms with E-state index in [1.807, 2.05) is 13.0 Å². The molecule has 0 unspecified atom stereocenters. The number of benzene rings is 1. The fraction of sp³-hybridized carbons (Fsp3) is 0.400. The summed E-state index contributed by atoms with van der Waals surface area (Å²) in [5.74, 6) is 0.413. The molecule has 0 aliphatic heterocycles. The van der Waals surface area contributed by atoms with Crippen molar-refractivity contribution >= 4 is 15.9 Å². The zero-order valence-corrected chi connectivity index (χ0v) is 8.76. The van der Waals surface area contributed by atoms with Gasteiger partial charge in [0.05, 0.1) is 0 Å². The zero-order valence-electron chi connectivity index (χ0n) is 7.18.